The summed E-state index contributed by atoms with van der Waals surface area (Å²) in [6, 6.07) is 12.1. The van der Waals surface area contributed by atoms with Crippen LogP contribution in [0.4, 0.5) is 16.2 Å². The molecule has 0 aromatic heterocycles. The van der Waals surface area contributed by atoms with Crippen LogP contribution in [-0.4, -0.2) is 61.8 Å². The highest BCUT2D eigenvalue weighted by molar-refractivity contribution is 6.30. The topological polar surface area (TPSA) is 115 Å². The van der Waals surface area contributed by atoms with Gasteiger partial charge >= 0.3 is 6.03 Å². The van der Waals surface area contributed by atoms with Gasteiger partial charge in [0.05, 0.1) is 13.0 Å². The fraction of sp³-hybridized carbons (Fsp3) is 0.273. The maximum absolute atomic E-state index is 12.8. The van der Waals surface area contributed by atoms with Gasteiger partial charge in [-0.1, -0.05) is 11.6 Å². The molecule has 0 saturated heterocycles. The van der Waals surface area contributed by atoms with Crippen LogP contribution >= 0.6 is 11.6 Å². The molecule has 168 valence electrons. The van der Waals surface area contributed by atoms with Crippen LogP contribution < -0.4 is 21.3 Å². The number of rotatable bonds is 7. The molecular formula is C22H25ClN6O3. The van der Waals surface area contributed by atoms with E-state index in [1.165, 1.54) is 7.05 Å². The van der Waals surface area contributed by atoms with E-state index in [9.17, 15) is 14.4 Å². The van der Waals surface area contributed by atoms with Crippen molar-refractivity contribution in [3.8, 4) is 0 Å². The summed E-state index contributed by atoms with van der Waals surface area (Å²) in [5, 5.41) is 10.9. The van der Waals surface area contributed by atoms with Gasteiger partial charge in [-0.2, -0.15) is 0 Å². The summed E-state index contributed by atoms with van der Waals surface area (Å²) in [6.07, 6.45) is -0.212. The molecule has 0 aliphatic carbocycles. The van der Waals surface area contributed by atoms with Crippen molar-refractivity contribution in [2.24, 2.45) is 4.99 Å². The van der Waals surface area contributed by atoms with E-state index < -0.39 is 18.0 Å². The third-order valence-corrected chi connectivity index (χ3v) is 5.11. The average Bonchev–Trinajstić information content (AvgIpc) is 3.21. The predicted octanol–water partition coefficient (Wildman–Crippen LogP) is 2.30. The first-order valence-electron chi connectivity index (χ1n) is 10.1. The molecule has 1 aliphatic rings. The molecule has 4 N–H and O–H groups in total. The van der Waals surface area contributed by atoms with Crippen molar-refractivity contribution in [1.82, 2.24) is 15.5 Å². The molecule has 1 unspecified atom stereocenters. The van der Waals surface area contributed by atoms with E-state index in [1.54, 1.807) is 36.4 Å². The Balaban J connectivity index is 1.65. The molecule has 0 bridgehead atoms. The number of likely N-dealkylation sites (N-methyl/N-ethyl adjacent to an activating group) is 1. The molecule has 2 aromatic carbocycles. The molecule has 9 nitrogen and oxygen atoms in total. The summed E-state index contributed by atoms with van der Waals surface area (Å²) >= 11 is 5.84. The highest BCUT2D eigenvalue weighted by atomic mass is 35.5. The fourth-order valence-corrected chi connectivity index (χ4v) is 3.26. The number of aliphatic imine (C=N–C) groups is 1. The smallest absolute Gasteiger partial charge is 0.319 e. The molecule has 10 heteroatoms. The van der Waals surface area contributed by atoms with Gasteiger partial charge in [-0.05, 0) is 48.5 Å². The van der Waals surface area contributed by atoms with E-state index in [1.807, 2.05) is 19.2 Å². The predicted molar refractivity (Wildman–Crippen MR) is 125 cm³/mol. The van der Waals surface area contributed by atoms with Crippen molar-refractivity contribution >= 4 is 46.7 Å². The lowest BCUT2D eigenvalue weighted by Crippen LogP contribution is -2.47. The standard InChI is InChI=1S/C22H25ClN6O3/c1-24-19(30)13-18(28-22(32)27-17-9-5-15(23)6-10-17)21(31)26-16-7-3-14(4-8-16)20-25-11-12-29(20)2/h3-10,18H,11-13H2,1-2H3,(H,24,30)(H,26,31)(H2,27,28,32). The third kappa shape index (κ3) is 6.21. The highest BCUT2D eigenvalue weighted by Gasteiger charge is 2.24. The van der Waals surface area contributed by atoms with E-state index in [0.717, 1.165) is 24.5 Å². The first-order chi connectivity index (χ1) is 15.4. The van der Waals surface area contributed by atoms with E-state index in [-0.39, 0.29) is 12.3 Å². The lowest BCUT2D eigenvalue weighted by molar-refractivity contribution is -0.125. The van der Waals surface area contributed by atoms with Gasteiger partial charge in [0, 0.05) is 42.6 Å². The zero-order chi connectivity index (χ0) is 23.1. The Hall–Kier alpha value is -3.59. The molecule has 2 aromatic rings. The zero-order valence-corrected chi connectivity index (χ0v) is 18.6. The molecule has 0 radical (unpaired) electrons. The molecular weight excluding hydrogens is 432 g/mol. The number of urea groups is 1. The fourth-order valence-electron chi connectivity index (χ4n) is 3.13. The van der Waals surface area contributed by atoms with Crippen LogP contribution in [0, 0.1) is 0 Å². The summed E-state index contributed by atoms with van der Waals surface area (Å²) in [4.78, 5) is 43.6. The number of amidine groups is 1. The quantitative estimate of drug-likeness (QED) is 0.511. The van der Waals surface area contributed by atoms with Gasteiger partial charge in [0.15, 0.2) is 0 Å². The Morgan fingerprint density at radius 1 is 1.03 bits per heavy atom. The second-order valence-electron chi connectivity index (χ2n) is 7.23. The van der Waals surface area contributed by atoms with Gasteiger partial charge in [-0.3, -0.25) is 14.6 Å². The molecule has 0 fully saturated rings. The van der Waals surface area contributed by atoms with Gasteiger partial charge in [-0.15, -0.1) is 0 Å². The Labute approximate surface area is 191 Å². The largest absolute Gasteiger partial charge is 0.359 e. The van der Waals surface area contributed by atoms with Gasteiger partial charge in [0.1, 0.15) is 11.9 Å². The van der Waals surface area contributed by atoms with Crippen molar-refractivity contribution in [3.05, 3.63) is 59.1 Å². The number of carbonyl (C=O) groups excluding carboxylic acids is 3. The van der Waals surface area contributed by atoms with Crippen molar-refractivity contribution in [2.45, 2.75) is 12.5 Å². The summed E-state index contributed by atoms with van der Waals surface area (Å²) < 4.78 is 0. The van der Waals surface area contributed by atoms with Crippen LogP contribution in [-0.2, 0) is 9.59 Å². The number of anilines is 2. The first-order valence-corrected chi connectivity index (χ1v) is 10.4. The summed E-state index contributed by atoms with van der Waals surface area (Å²) in [5.41, 5.74) is 1.99. The van der Waals surface area contributed by atoms with E-state index in [2.05, 4.69) is 31.2 Å². The Bertz CT molecular complexity index is 1010. The number of hydrogen-bond donors (Lipinski definition) is 4. The Morgan fingerprint density at radius 2 is 1.66 bits per heavy atom. The van der Waals surface area contributed by atoms with Gasteiger partial charge < -0.3 is 26.2 Å². The monoisotopic (exact) mass is 456 g/mol. The summed E-state index contributed by atoms with van der Waals surface area (Å²) in [6.45, 7) is 1.63. The van der Waals surface area contributed by atoms with Gasteiger partial charge in [0.2, 0.25) is 11.8 Å². The first kappa shape index (κ1) is 23.1. The summed E-state index contributed by atoms with van der Waals surface area (Å²) in [7, 11) is 3.44. The number of hydrogen-bond acceptors (Lipinski definition) is 5. The maximum atomic E-state index is 12.8. The maximum Gasteiger partial charge on any atom is 0.319 e. The lowest BCUT2D eigenvalue weighted by atomic mass is 10.1. The minimum atomic E-state index is -1.08. The van der Waals surface area contributed by atoms with Crippen molar-refractivity contribution in [2.75, 3.05) is 37.8 Å². The number of amides is 4. The van der Waals surface area contributed by atoms with Crippen LogP contribution in [0.5, 0.6) is 0 Å². The van der Waals surface area contributed by atoms with Crippen LogP contribution in [0.25, 0.3) is 0 Å². The van der Waals surface area contributed by atoms with Crippen molar-refractivity contribution in [3.63, 3.8) is 0 Å². The van der Waals surface area contributed by atoms with Crippen LogP contribution in [0.1, 0.15) is 12.0 Å². The van der Waals surface area contributed by atoms with Gasteiger partial charge in [-0.25, -0.2) is 4.79 Å². The van der Waals surface area contributed by atoms with E-state index in [0.29, 0.717) is 16.4 Å². The third-order valence-electron chi connectivity index (χ3n) is 4.86. The number of nitrogens with zero attached hydrogens (tertiary/aromatic N) is 2. The molecule has 3 rings (SSSR count). The van der Waals surface area contributed by atoms with Crippen LogP contribution in [0.3, 0.4) is 0 Å². The van der Waals surface area contributed by atoms with Gasteiger partial charge in [0.25, 0.3) is 0 Å². The number of benzene rings is 2. The number of halogens is 1. The minimum Gasteiger partial charge on any atom is -0.359 e. The average molecular weight is 457 g/mol. The molecule has 1 aliphatic heterocycles. The zero-order valence-electron chi connectivity index (χ0n) is 17.8. The SMILES string of the molecule is CNC(=O)CC(NC(=O)Nc1ccc(Cl)cc1)C(=O)Nc1ccc(C2=NCCN2C)cc1. The number of carbonyl (C=O) groups is 3. The molecule has 1 atom stereocenters. The highest BCUT2D eigenvalue weighted by Crippen LogP contribution is 2.15. The second kappa shape index (κ2) is 10.6. The van der Waals surface area contributed by atoms with Crippen molar-refractivity contribution < 1.29 is 14.4 Å². The second-order valence-corrected chi connectivity index (χ2v) is 7.67. The molecule has 1 heterocycles. The molecule has 4 amide bonds. The Morgan fingerprint density at radius 3 is 2.25 bits per heavy atom. The van der Waals surface area contributed by atoms with Crippen LogP contribution in [0.15, 0.2) is 53.5 Å². The molecule has 0 saturated carbocycles. The summed E-state index contributed by atoms with van der Waals surface area (Å²) in [5.74, 6) is 0.0124. The molecule has 32 heavy (non-hydrogen) atoms. The lowest BCUT2D eigenvalue weighted by Gasteiger charge is -2.19. The molecule has 0 spiro atoms. The minimum absolute atomic E-state index is 0.212. The van der Waals surface area contributed by atoms with E-state index >= 15 is 0 Å². The van der Waals surface area contributed by atoms with Crippen molar-refractivity contribution in [1.29, 1.82) is 0 Å². The number of nitrogens with one attached hydrogen (secondary N) is 4. The van der Waals surface area contributed by atoms with Crippen LogP contribution in [0.2, 0.25) is 5.02 Å². The Kier molecular flexibility index (Phi) is 7.67. The normalized spacial score (nSPS) is 13.7. The van der Waals surface area contributed by atoms with E-state index in [4.69, 9.17) is 11.6 Å².